The van der Waals surface area contributed by atoms with E-state index < -0.39 is 11.6 Å². The van der Waals surface area contributed by atoms with E-state index in [-0.39, 0.29) is 5.56 Å². The van der Waals surface area contributed by atoms with Gasteiger partial charge in [-0.15, -0.1) is 0 Å². The van der Waals surface area contributed by atoms with Gasteiger partial charge in [0.1, 0.15) is 11.6 Å². The summed E-state index contributed by atoms with van der Waals surface area (Å²) < 4.78 is 35.9. The molecule has 0 saturated heterocycles. The van der Waals surface area contributed by atoms with Crippen molar-refractivity contribution in [1.82, 2.24) is 4.98 Å². The lowest BCUT2D eigenvalue weighted by atomic mass is 9.97. The van der Waals surface area contributed by atoms with Crippen LogP contribution in [0.1, 0.15) is 83.6 Å². The zero-order valence-corrected chi connectivity index (χ0v) is 20.1. The lowest BCUT2D eigenvalue weighted by Crippen LogP contribution is -1.99. The summed E-state index contributed by atoms with van der Waals surface area (Å²) in [7, 11) is 0. The highest BCUT2D eigenvalue weighted by Gasteiger charge is 2.16. The molecule has 0 aliphatic rings. The molecule has 1 aromatic heterocycles. The monoisotopic (exact) mass is 453 g/mol. The van der Waals surface area contributed by atoms with Crippen LogP contribution in [0.25, 0.3) is 21.9 Å². The lowest BCUT2D eigenvalue weighted by Gasteiger charge is -2.11. The van der Waals surface area contributed by atoms with Gasteiger partial charge in [0.15, 0.2) is 0 Å². The third-order valence-electron chi connectivity index (χ3n) is 6.18. The molecule has 0 N–H and O–H groups in total. The Hall–Kier alpha value is -2.49. The van der Waals surface area contributed by atoms with Crippen LogP contribution >= 0.6 is 0 Å². The number of halogens is 2. The Morgan fingerprint density at radius 1 is 0.788 bits per heavy atom. The molecular formula is C29H37F2NO. The van der Waals surface area contributed by atoms with Crippen LogP contribution in [0.3, 0.4) is 0 Å². The highest BCUT2D eigenvalue weighted by atomic mass is 19.1. The molecule has 0 radical (unpaired) electrons. The van der Waals surface area contributed by atoms with Crippen molar-refractivity contribution in [3.05, 3.63) is 59.8 Å². The summed E-state index contributed by atoms with van der Waals surface area (Å²) in [4.78, 5) is 4.25. The summed E-state index contributed by atoms with van der Waals surface area (Å²) in [5, 5.41) is 1.05. The zero-order chi connectivity index (χ0) is 23.5. The zero-order valence-electron chi connectivity index (χ0n) is 20.1. The minimum absolute atomic E-state index is 0.0341. The van der Waals surface area contributed by atoms with Gasteiger partial charge < -0.3 is 4.74 Å². The van der Waals surface area contributed by atoms with Gasteiger partial charge in [-0.05, 0) is 42.3 Å². The number of unbranched alkanes of at least 4 members (excludes halogenated alkanes) is 8. The first-order valence-corrected chi connectivity index (χ1v) is 12.6. The van der Waals surface area contributed by atoms with E-state index in [0.29, 0.717) is 28.8 Å². The topological polar surface area (TPSA) is 22.1 Å². The second kappa shape index (κ2) is 13.3. The number of fused-ring (bicyclic) bond motifs is 1. The predicted molar refractivity (Wildman–Crippen MR) is 134 cm³/mol. The first kappa shape index (κ1) is 25.1. The number of hydrogen-bond donors (Lipinski definition) is 0. The van der Waals surface area contributed by atoms with Crippen molar-refractivity contribution >= 4 is 10.8 Å². The van der Waals surface area contributed by atoms with Gasteiger partial charge in [0.25, 0.3) is 0 Å². The molecule has 0 unspecified atom stereocenters. The lowest BCUT2D eigenvalue weighted by molar-refractivity contribution is 0.294. The molecule has 0 saturated carbocycles. The van der Waals surface area contributed by atoms with Gasteiger partial charge in [0.2, 0.25) is 5.88 Å². The Kier molecular flexibility index (Phi) is 10.1. The van der Waals surface area contributed by atoms with Crippen molar-refractivity contribution in [2.75, 3.05) is 6.61 Å². The Morgan fingerprint density at radius 2 is 1.52 bits per heavy atom. The third kappa shape index (κ3) is 7.25. The van der Waals surface area contributed by atoms with E-state index in [4.69, 9.17) is 4.74 Å². The largest absolute Gasteiger partial charge is 0.478 e. The maximum absolute atomic E-state index is 15.3. The van der Waals surface area contributed by atoms with Gasteiger partial charge in [0, 0.05) is 23.2 Å². The first-order chi connectivity index (χ1) is 16.1. The fourth-order valence-corrected chi connectivity index (χ4v) is 4.23. The summed E-state index contributed by atoms with van der Waals surface area (Å²) >= 11 is 0. The molecule has 0 aliphatic carbocycles. The number of aryl methyl sites for hydroxylation is 1. The van der Waals surface area contributed by atoms with Crippen LogP contribution in [0.4, 0.5) is 8.78 Å². The standard InChI is InChI=1S/C29H37F2NO/c1-3-5-7-9-10-11-13-22-14-16-25-24(19-22)20-26(30)28(29(25)31)23-15-17-27(32-21-23)33-18-12-8-6-4-2/h14-17,19-21H,3-13,18H2,1-2H3. The van der Waals surface area contributed by atoms with Crippen LogP contribution < -0.4 is 4.74 Å². The van der Waals surface area contributed by atoms with Gasteiger partial charge in [-0.2, -0.15) is 0 Å². The Labute approximate surface area is 197 Å². The smallest absolute Gasteiger partial charge is 0.213 e. The van der Waals surface area contributed by atoms with E-state index in [2.05, 4.69) is 18.8 Å². The molecule has 1 heterocycles. The maximum atomic E-state index is 15.3. The predicted octanol–water partition coefficient (Wildman–Crippen LogP) is 9.04. The highest BCUT2D eigenvalue weighted by Crippen LogP contribution is 2.33. The summed E-state index contributed by atoms with van der Waals surface area (Å²) in [6, 6.07) is 10.5. The van der Waals surface area contributed by atoms with Crippen molar-refractivity contribution < 1.29 is 13.5 Å². The molecule has 0 bridgehead atoms. The van der Waals surface area contributed by atoms with E-state index in [0.717, 1.165) is 31.2 Å². The van der Waals surface area contributed by atoms with Crippen molar-refractivity contribution in [2.24, 2.45) is 0 Å². The van der Waals surface area contributed by atoms with Crippen molar-refractivity contribution in [3.8, 4) is 17.0 Å². The normalized spacial score (nSPS) is 11.3. The third-order valence-corrected chi connectivity index (χ3v) is 6.18. The van der Waals surface area contributed by atoms with E-state index in [1.54, 1.807) is 18.2 Å². The number of nitrogens with zero attached hydrogens (tertiary/aromatic N) is 1. The molecule has 0 spiro atoms. The SMILES string of the molecule is CCCCCCCCc1ccc2c(F)c(-c3ccc(OCCCCCC)nc3)c(F)cc2c1. The minimum Gasteiger partial charge on any atom is -0.478 e. The highest BCUT2D eigenvalue weighted by molar-refractivity contribution is 5.89. The summed E-state index contributed by atoms with van der Waals surface area (Å²) in [6.07, 6.45) is 14.3. The molecule has 0 atom stereocenters. The van der Waals surface area contributed by atoms with Gasteiger partial charge in [-0.3, -0.25) is 0 Å². The molecule has 0 aliphatic heterocycles. The summed E-state index contributed by atoms with van der Waals surface area (Å²) in [5.41, 5.74) is 1.52. The molecule has 4 heteroatoms. The summed E-state index contributed by atoms with van der Waals surface area (Å²) in [5.74, 6) is -0.617. The average Bonchev–Trinajstić information content (AvgIpc) is 2.82. The van der Waals surface area contributed by atoms with Crippen LogP contribution in [-0.2, 0) is 6.42 Å². The van der Waals surface area contributed by atoms with Crippen LogP contribution in [-0.4, -0.2) is 11.6 Å². The Balaban J connectivity index is 1.67. The number of aromatic nitrogens is 1. The maximum Gasteiger partial charge on any atom is 0.213 e. The van der Waals surface area contributed by atoms with Crippen LogP contribution in [0.15, 0.2) is 42.6 Å². The van der Waals surface area contributed by atoms with E-state index in [1.165, 1.54) is 57.2 Å². The molecular weight excluding hydrogens is 416 g/mol. The first-order valence-electron chi connectivity index (χ1n) is 12.6. The molecule has 33 heavy (non-hydrogen) atoms. The summed E-state index contributed by atoms with van der Waals surface area (Å²) in [6.45, 7) is 4.99. The van der Waals surface area contributed by atoms with E-state index in [9.17, 15) is 4.39 Å². The van der Waals surface area contributed by atoms with Crippen molar-refractivity contribution in [1.29, 1.82) is 0 Å². The Bertz CT molecular complexity index is 1000. The number of pyridine rings is 1. The molecule has 3 rings (SSSR count). The van der Waals surface area contributed by atoms with E-state index >= 15 is 4.39 Å². The van der Waals surface area contributed by atoms with Crippen molar-refractivity contribution in [3.63, 3.8) is 0 Å². The van der Waals surface area contributed by atoms with E-state index in [1.807, 2.05) is 12.1 Å². The van der Waals surface area contributed by atoms with Gasteiger partial charge >= 0.3 is 0 Å². The fourth-order valence-electron chi connectivity index (χ4n) is 4.23. The number of hydrogen-bond acceptors (Lipinski definition) is 2. The fraction of sp³-hybridized carbons (Fsp3) is 0.483. The molecule has 3 aromatic rings. The number of rotatable bonds is 14. The van der Waals surface area contributed by atoms with Crippen molar-refractivity contribution in [2.45, 2.75) is 84.5 Å². The van der Waals surface area contributed by atoms with Gasteiger partial charge in [-0.1, -0.05) is 83.4 Å². The minimum atomic E-state index is -0.563. The molecule has 0 amide bonds. The average molecular weight is 454 g/mol. The van der Waals surface area contributed by atoms with Gasteiger partial charge in [-0.25, -0.2) is 13.8 Å². The second-order valence-electron chi connectivity index (χ2n) is 8.91. The number of ether oxygens (including phenoxy) is 1. The molecule has 2 nitrogen and oxygen atoms in total. The van der Waals surface area contributed by atoms with Crippen LogP contribution in [0.5, 0.6) is 5.88 Å². The second-order valence-corrected chi connectivity index (χ2v) is 8.91. The Morgan fingerprint density at radius 3 is 2.24 bits per heavy atom. The van der Waals surface area contributed by atoms with Crippen LogP contribution in [0.2, 0.25) is 0 Å². The molecule has 178 valence electrons. The molecule has 0 fully saturated rings. The van der Waals surface area contributed by atoms with Crippen LogP contribution in [0, 0.1) is 11.6 Å². The number of benzene rings is 2. The van der Waals surface area contributed by atoms with Gasteiger partial charge in [0.05, 0.1) is 12.2 Å². The molecule has 2 aromatic carbocycles. The quantitative estimate of drug-likeness (QED) is 0.227.